The number of aliphatic hydroxyl groups excluding tert-OH is 1. The second-order valence-electron chi connectivity index (χ2n) is 4.74. The second kappa shape index (κ2) is 6.74. The quantitative estimate of drug-likeness (QED) is 0.748. The molecule has 1 unspecified atom stereocenters. The van der Waals surface area contributed by atoms with Crippen molar-refractivity contribution in [3.63, 3.8) is 0 Å². The summed E-state index contributed by atoms with van der Waals surface area (Å²) in [6.07, 6.45) is 0.784. The van der Waals surface area contributed by atoms with Gasteiger partial charge >= 0.3 is 0 Å². The fourth-order valence-corrected chi connectivity index (χ4v) is 3.03. The average Bonchev–Trinajstić information content (AvgIpc) is 2.45. The van der Waals surface area contributed by atoms with Crippen LogP contribution in [0.4, 0.5) is 5.69 Å². The summed E-state index contributed by atoms with van der Waals surface area (Å²) in [6.45, 7) is 2.11. The molecule has 0 amide bonds. The Labute approximate surface area is 136 Å². The highest BCUT2D eigenvalue weighted by molar-refractivity contribution is 9.10. The van der Waals surface area contributed by atoms with Crippen molar-refractivity contribution >= 4 is 37.5 Å². The normalized spacial score (nSPS) is 13.8. The van der Waals surface area contributed by atoms with E-state index in [1.807, 2.05) is 48.5 Å². The number of rotatable bonds is 5. The zero-order valence-electron chi connectivity index (χ0n) is 11.2. The first-order chi connectivity index (χ1) is 9.59. The van der Waals surface area contributed by atoms with Crippen molar-refractivity contribution in [3.8, 4) is 0 Å². The van der Waals surface area contributed by atoms with Crippen molar-refractivity contribution in [1.82, 2.24) is 0 Å². The summed E-state index contributed by atoms with van der Waals surface area (Å²) in [7, 11) is 0. The van der Waals surface area contributed by atoms with Gasteiger partial charge in [0, 0.05) is 14.6 Å². The lowest BCUT2D eigenvalue weighted by atomic mass is 9.87. The minimum absolute atomic E-state index is 0.0342. The number of aliphatic hydroxyl groups is 1. The number of hydrogen-bond donors (Lipinski definition) is 2. The van der Waals surface area contributed by atoms with E-state index in [0.29, 0.717) is 0 Å². The number of benzene rings is 2. The maximum Gasteiger partial charge on any atom is 0.0854 e. The van der Waals surface area contributed by atoms with Crippen LogP contribution in [0.3, 0.4) is 0 Å². The van der Waals surface area contributed by atoms with Gasteiger partial charge < -0.3 is 10.4 Å². The maximum atomic E-state index is 9.96. The van der Waals surface area contributed by atoms with E-state index in [4.69, 9.17) is 0 Å². The summed E-state index contributed by atoms with van der Waals surface area (Å²) in [5.41, 5.74) is 1.57. The highest BCUT2D eigenvalue weighted by atomic mass is 79.9. The monoisotopic (exact) mass is 397 g/mol. The highest BCUT2D eigenvalue weighted by Crippen LogP contribution is 2.31. The SMILES string of the molecule is CCC(CO)(Nc1cccc(Br)c1)c1cccc(Br)c1. The van der Waals surface area contributed by atoms with Crippen LogP contribution in [0.5, 0.6) is 0 Å². The summed E-state index contributed by atoms with van der Waals surface area (Å²) in [5, 5.41) is 13.4. The van der Waals surface area contributed by atoms with Crippen LogP contribution in [0.25, 0.3) is 0 Å². The Morgan fingerprint density at radius 2 is 1.70 bits per heavy atom. The van der Waals surface area contributed by atoms with Gasteiger partial charge in [-0.15, -0.1) is 0 Å². The van der Waals surface area contributed by atoms with E-state index in [1.54, 1.807) is 0 Å². The average molecular weight is 399 g/mol. The lowest BCUT2D eigenvalue weighted by Gasteiger charge is -2.34. The van der Waals surface area contributed by atoms with Gasteiger partial charge in [-0.05, 0) is 42.3 Å². The van der Waals surface area contributed by atoms with Crippen molar-refractivity contribution in [2.45, 2.75) is 18.9 Å². The van der Waals surface area contributed by atoms with Crippen LogP contribution in [0.2, 0.25) is 0 Å². The summed E-state index contributed by atoms with van der Waals surface area (Å²) in [6, 6.07) is 16.0. The van der Waals surface area contributed by atoms with Crippen LogP contribution < -0.4 is 5.32 Å². The number of hydrogen-bond acceptors (Lipinski definition) is 2. The molecule has 0 aliphatic rings. The predicted molar refractivity (Wildman–Crippen MR) is 91.0 cm³/mol. The van der Waals surface area contributed by atoms with Crippen LogP contribution >= 0.6 is 31.9 Å². The molecule has 0 bridgehead atoms. The van der Waals surface area contributed by atoms with Gasteiger partial charge in [0.25, 0.3) is 0 Å². The second-order valence-corrected chi connectivity index (χ2v) is 6.57. The van der Waals surface area contributed by atoms with Gasteiger partial charge in [0.2, 0.25) is 0 Å². The minimum Gasteiger partial charge on any atom is -0.394 e. The van der Waals surface area contributed by atoms with Gasteiger partial charge in [-0.1, -0.05) is 57.0 Å². The van der Waals surface area contributed by atoms with Crippen LogP contribution in [0.15, 0.2) is 57.5 Å². The van der Waals surface area contributed by atoms with Gasteiger partial charge in [-0.3, -0.25) is 0 Å². The molecule has 2 aromatic rings. The van der Waals surface area contributed by atoms with Crippen molar-refractivity contribution in [3.05, 3.63) is 63.0 Å². The Morgan fingerprint density at radius 3 is 2.25 bits per heavy atom. The third kappa shape index (κ3) is 3.43. The van der Waals surface area contributed by atoms with Gasteiger partial charge in [-0.25, -0.2) is 0 Å². The molecule has 0 aliphatic carbocycles. The van der Waals surface area contributed by atoms with E-state index < -0.39 is 5.54 Å². The third-order valence-corrected chi connectivity index (χ3v) is 4.45. The lowest BCUT2D eigenvalue weighted by Crippen LogP contribution is -2.38. The number of halogens is 2. The first-order valence-electron chi connectivity index (χ1n) is 6.50. The van der Waals surface area contributed by atoms with E-state index in [-0.39, 0.29) is 6.61 Å². The Balaban J connectivity index is 2.39. The zero-order valence-corrected chi connectivity index (χ0v) is 14.4. The Bertz CT molecular complexity index is 582. The maximum absolute atomic E-state index is 9.96. The van der Waals surface area contributed by atoms with Crippen molar-refractivity contribution < 1.29 is 5.11 Å². The Morgan fingerprint density at radius 1 is 1.05 bits per heavy atom. The molecule has 0 saturated carbocycles. The molecule has 0 spiro atoms. The van der Waals surface area contributed by atoms with E-state index in [9.17, 15) is 5.11 Å². The molecule has 2 aromatic carbocycles. The standard InChI is InChI=1S/C16H17Br2NO/c1-2-16(11-20,12-5-3-6-13(17)9-12)19-15-8-4-7-14(18)10-15/h3-10,19-20H,2,11H2,1H3. The van der Waals surface area contributed by atoms with Gasteiger partial charge in [0.15, 0.2) is 0 Å². The predicted octanol–water partition coefficient (Wildman–Crippen LogP) is 4.92. The molecule has 1 atom stereocenters. The van der Waals surface area contributed by atoms with Crippen molar-refractivity contribution in [1.29, 1.82) is 0 Å². The topological polar surface area (TPSA) is 32.3 Å². The first kappa shape index (κ1) is 15.5. The summed E-state index contributed by atoms with van der Waals surface area (Å²) >= 11 is 6.96. The molecule has 106 valence electrons. The fraction of sp³-hybridized carbons (Fsp3) is 0.250. The molecule has 0 saturated heterocycles. The molecule has 0 radical (unpaired) electrons. The smallest absolute Gasteiger partial charge is 0.0854 e. The highest BCUT2D eigenvalue weighted by Gasteiger charge is 2.29. The van der Waals surface area contributed by atoms with Gasteiger partial charge in [-0.2, -0.15) is 0 Å². The van der Waals surface area contributed by atoms with Gasteiger partial charge in [0.05, 0.1) is 12.1 Å². The molecule has 0 fully saturated rings. The van der Waals surface area contributed by atoms with Gasteiger partial charge in [0.1, 0.15) is 0 Å². The largest absolute Gasteiger partial charge is 0.394 e. The Kier molecular flexibility index (Phi) is 5.24. The minimum atomic E-state index is -0.482. The van der Waals surface area contributed by atoms with Crippen molar-refractivity contribution in [2.24, 2.45) is 0 Å². The molecule has 0 heterocycles. The molecule has 0 aromatic heterocycles. The van der Waals surface area contributed by atoms with Crippen LogP contribution in [-0.4, -0.2) is 11.7 Å². The molecule has 4 heteroatoms. The molecule has 2 rings (SSSR count). The van der Waals surface area contributed by atoms with Crippen molar-refractivity contribution in [2.75, 3.05) is 11.9 Å². The molecule has 20 heavy (non-hydrogen) atoms. The van der Waals surface area contributed by atoms with Crippen LogP contribution in [-0.2, 0) is 5.54 Å². The molecule has 0 aliphatic heterocycles. The molecule has 2 N–H and O–H groups in total. The third-order valence-electron chi connectivity index (χ3n) is 3.46. The van der Waals surface area contributed by atoms with E-state index >= 15 is 0 Å². The van der Waals surface area contributed by atoms with E-state index in [1.165, 1.54) is 0 Å². The van der Waals surface area contributed by atoms with Crippen LogP contribution in [0.1, 0.15) is 18.9 Å². The van der Waals surface area contributed by atoms with Crippen LogP contribution in [0, 0.1) is 0 Å². The zero-order chi connectivity index (χ0) is 14.6. The lowest BCUT2D eigenvalue weighted by molar-refractivity contribution is 0.207. The first-order valence-corrected chi connectivity index (χ1v) is 8.09. The summed E-state index contributed by atoms with van der Waals surface area (Å²) in [4.78, 5) is 0. The Hall–Kier alpha value is -0.840. The van der Waals surface area contributed by atoms with E-state index in [0.717, 1.165) is 26.6 Å². The molecule has 2 nitrogen and oxygen atoms in total. The number of anilines is 1. The number of nitrogens with one attached hydrogen (secondary N) is 1. The molecular formula is C16H17Br2NO. The summed E-state index contributed by atoms with van der Waals surface area (Å²) in [5.74, 6) is 0. The summed E-state index contributed by atoms with van der Waals surface area (Å²) < 4.78 is 2.03. The van der Waals surface area contributed by atoms with E-state index in [2.05, 4.69) is 44.1 Å². The fourth-order valence-electron chi connectivity index (χ4n) is 2.24. The molecular weight excluding hydrogens is 382 g/mol.